The Morgan fingerprint density at radius 2 is 2.22 bits per heavy atom. The van der Waals surface area contributed by atoms with Gasteiger partial charge in [-0.15, -0.1) is 0 Å². The summed E-state index contributed by atoms with van der Waals surface area (Å²) < 4.78 is 13.5. The summed E-state index contributed by atoms with van der Waals surface area (Å²) in [5.74, 6) is -1.05. The summed E-state index contributed by atoms with van der Waals surface area (Å²) >= 11 is 0. The molecule has 1 atom stereocenters. The Bertz CT molecular complexity index is 431. The molecule has 0 spiro atoms. The summed E-state index contributed by atoms with van der Waals surface area (Å²) in [6, 6.07) is 3.92. The molecule has 1 amide bonds. The first-order valence-electron chi connectivity index (χ1n) is 5.86. The van der Waals surface area contributed by atoms with Gasteiger partial charge in [-0.2, -0.15) is 0 Å². The molecule has 0 aromatic heterocycles. The van der Waals surface area contributed by atoms with Crippen molar-refractivity contribution in [3.05, 3.63) is 29.6 Å². The molecule has 0 saturated heterocycles. The molecular weight excluding hydrogens is 235 g/mol. The Morgan fingerprint density at radius 3 is 2.72 bits per heavy atom. The van der Waals surface area contributed by atoms with E-state index in [-0.39, 0.29) is 23.3 Å². The molecule has 1 aromatic carbocycles. The maximum absolute atomic E-state index is 13.5. The van der Waals surface area contributed by atoms with Crippen LogP contribution in [0.3, 0.4) is 0 Å². The highest BCUT2D eigenvalue weighted by molar-refractivity contribution is 5.93. The van der Waals surface area contributed by atoms with Crippen molar-refractivity contribution < 1.29 is 14.3 Å². The number of carbonyl (C=O) groups is 1. The average molecular weight is 254 g/mol. The topological polar surface area (TPSA) is 75.3 Å². The number of carbonyl (C=O) groups excluding carboxylic acids is 1. The van der Waals surface area contributed by atoms with E-state index in [0.29, 0.717) is 6.54 Å². The number of anilines is 1. The summed E-state index contributed by atoms with van der Waals surface area (Å²) in [4.78, 5) is 11.0. The molecule has 0 aliphatic heterocycles. The van der Waals surface area contributed by atoms with Gasteiger partial charge in [0, 0.05) is 17.5 Å². The Balaban J connectivity index is 2.84. The van der Waals surface area contributed by atoms with E-state index < -0.39 is 11.7 Å². The van der Waals surface area contributed by atoms with Crippen molar-refractivity contribution in [3.8, 4) is 0 Å². The molecule has 1 rings (SSSR count). The molecule has 0 bridgehead atoms. The third kappa shape index (κ3) is 3.43. The van der Waals surface area contributed by atoms with E-state index >= 15 is 0 Å². The van der Waals surface area contributed by atoms with E-state index in [0.717, 1.165) is 6.42 Å². The monoisotopic (exact) mass is 254 g/mol. The Labute approximate surface area is 106 Å². The van der Waals surface area contributed by atoms with Crippen LogP contribution in [0.15, 0.2) is 18.2 Å². The number of amides is 1. The normalized spacial score (nSPS) is 14.0. The summed E-state index contributed by atoms with van der Waals surface area (Å²) in [6.07, 6.45) is 0.758. The van der Waals surface area contributed by atoms with Crippen molar-refractivity contribution >= 4 is 11.6 Å². The van der Waals surface area contributed by atoms with Crippen LogP contribution in [0, 0.1) is 11.2 Å². The van der Waals surface area contributed by atoms with Gasteiger partial charge in [-0.05, 0) is 24.6 Å². The van der Waals surface area contributed by atoms with E-state index in [1.54, 1.807) is 0 Å². The number of rotatable bonds is 6. The Hall–Kier alpha value is -1.62. The summed E-state index contributed by atoms with van der Waals surface area (Å²) in [5.41, 5.74) is 5.29. The predicted octanol–water partition coefficient (Wildman–Crippen LogP) is 1.75. The van der Waals surface area contributed by atoms with Crippen molar-refractivity contribution in [2.75, 3.05) is 18.5 Å². The van der Waals surface area contributed by atoms with Gasteiger partial charge in [-0.1, -0.05) is 13.8 Å². The number of halogens is 1. The van der Waals surface area contributed by atoms with Gasteiger partial charge in [0.15, 0.2) is 0 Å². The standard InChI is InChI=1S/C13H19FN2O2/c1-3-13(2,8-17)7-16-11-6-9(12(15)18)4-5-10(11)14/h4-6,16-17H,3,7-8H2,1-2H3,(H2,15,18). The second kappa shape index (κ2) is 5.82. The molecule has 4 N–H and O–H groups in total. The van der Waals surface area contributed by atoms with Crippen LogP contribution >= 0.6 is 0 Å². The maximum atomic E-state index is 13.5. The van der Waals surface area contributed by atoms with Gasteiger partial charge in [0.25, 0.3) is 0 Å². The second-order valence-electron chi connectivity index (χ2n) is 4.73. The number of hydrogen-bond donors (Lipinski definition) is 3. The zero-order valence-electron chi connectivity index (χ0n) is 10.7. The van der Waals surface area contributed by atoms with Crippen LogP contribution in [0.5, 0.6) is 0 Å². The van der Waals surface area contributed by atoms with Crippen LogP contribution in [-0.4, -0.2) is 24.2 Å². The molecule has 0 heterocycles. The first-order chi connectivity index (χ1) is 8.41. The molecular formula is C13H19FN2O2. The fourth-order valence-electron chi connectivity index (χ4n) is 1.42. The lowest BCUT2D eigenvalue weighted by molar-refractivity contribution is 0.100. The second-order valence-corrected chi connectivity index (χ2v) is 4.73. The molecule has 0 aliphatic carbocycles. The first kappa shape index (κ1) is 14.4. The first-order valence-corrected chi connectivity index (χ1v) is 5.86. The molecule has 100 valence electrons. The van der Waals surface area contributed by atoms with Gasteiger partial charge in [0.1, 0.15) is 5.82 Å². The molecule has 0 fully saturated rings. The van der Waals surface area contributed by atoms with Crippen molar-refractivity contribution in [1.82, 2.24) is 0 Å². The van der Waals surface area contributed by atoms with E-state index in [1.165, 1.54) is 18.2 Å². The van der Waals surface area contributed by atoms with Crippen LogP contribution in [0.25, 0.3) is 0 Å². The zero-order valence-corrected chi connectivity index (χ0v) is 10.7. The van der Waals surface area contributed by atoms with Crippen LogP contribution in [0.4, 0.5) is 10.1 Å². The minimum atomic E-state index is -0.599. The van der Waals surface area contributed by atoms with Crippen LogP contribution in [0.2, 0.25) is 0 Å². The average Bonchev–Trinajstić information content (AvgIpc) is 2.37. The SMILES string of the molecule is CCC(C)(CO)CNc1cc(C(N)=O)ccc1F. The summed E-state index contributed by atoms with van der Waals surface area (Å²) in [7, 11) is 0. The summed E-state index contributed by atoms with van der Waals surface area (Å²) in [6.45, 7) is 4.27. The molecule has 18 heavy (non-hydrogen) atoms. The van der Waals surface area contributed by atoms with Crippen molar-refractivity contribution in [3.63, 3.8) is 0 Å². The van der Waals surface area contributed by atoms with Gasteiger partial charge in [-0.3, -0.25) is 4.79 Å². The van der Waals surface area contributed by atoms with Crippen molar-refractivity contribution in [2.24, 2.45) is 11.1 Å². The smallest absolute Gasteiger partial charge is 0.248 e. The quantitative estimate of drug-likeness (QED) is 0.724. The van der Waals surface area contributed by atoms with Crippen LogP contribution in [-0.2, 0) is 0 Å². The third-order valence-electron chi connectivity index (χ3n) is 3.19. The van der Waals surface area contributed by atoms with Gasteiger partial charge >= 0.3 is 0 Å². The van der Waals surface area contributed by atoms with E-state index in [1.807, 2.05) is 13.8 Å². The number of benzene rings is 1. The highest BCUT2D eigenvalue weighted by atomic mass is 19.1. The largest absolute Gasteiger partial charge is 0.396 e. The lowest BCUT2D eigenvalue weighted by atomic mass is 9.88. The maximum Gasteiger partial charge on any atom is 0.248 e. The van der Waals surface area contributed by atoms with Crippen LogP contribution < -0.4 is 11.1 Å². The van der Waals surface area contributed by atoms with Gasteiger partial charge < -0.3 is 16.2 Å². The third-order valence-corrected chi connectivity index (χ3v) is 3.19. The highest BCUT2D eigenvalue weighted by Crippen LogP contribution is 2.23. The molecule has 0 saturated carbocycles. The number of nitrogens with two attached hydrogens (primary N) is 1. The number of hydrogen-bond acceptors (Lipinski definition) is 3. The molecule has 4 nitrogen and oxygen atoms in total. The molecule has 5 heteroatoms. The minimum absolute atomic E-state index is 0.00757. The highest BCUT2D eigenvalue weighted by Gasteiger charge is 2.21. The molecule has 0 radical (unpaired) electrons. The van der Waals surface area contributed by atoms with E-state index in [2.05, 4.69) is 5.32 Å². The number of primary amides is 1. The Kier molecular flexibility index (Phi) is 4.67. The molecule has 0 aliphatic rings. The summed E-state index contributed by atoms with van der Waals surface area (Å²) in [5, 5.41) is 12.2. The minimum Gasteiger partial charge on any atom is -0.396 e. The van der Waals surface area contributed by atoms with Gasteiger partial charge in [0.2, 0.25) is 5.91 Å². The van der Waals surface area contributed by atoms with Crippen molar-refractivity contribution in [2.45, 2.75) is 20.3 Å². The molecule has 1 unspecified atom stereocenters. The lowest BCUT2D eigenvalue weighted by Gasteiger charge is -2.26. The molecule has 1 aromatic rings. The lowest BCUT2D eigenvalue weighted by Crippen LogP contribution is -2.30. The van der Waals surface area contributed by atoms with Crippen molar-refractivity contribution in [1.29, 1.82) is 0 Å². The fourth-order valence-corrected chi connectivity index (χ4v) is 1.42. The number of aliphatic hydroxyl groups is 1. The fraction of sp³-hybridized carbons (Fsp3) is 0.462. The van der Waals surface area contributed by atoms with E-state index in [9.17, 15) is 14.3 Å². The van der Waals surface area contributed by atoms with Gasteiger partial charge in [-0.25, -0.2) is 4.39 Å². The van der Waals surface area contributed by atoms with Crippen LogP contribution in [0.1, 0.15) is 30.6 Å². The number of aliphatic hydroxyl groups excluding tert-OH is 1. The number of nitrogens with one attached hydrogen (secondary N) is 1. The van der Waals surface area contributed by atoms with Gasteiger partial charge in [0.05, 0.1) is 12.3 Å². The predicted molar refractivity (Wildman–Crippen MR) is 68.9 cm³/mol. The Morgan fingerprint density at radius 1 is 1.56 bits per heavy atom. The van der Waals surface area contributed by atoms with E-state index in [4.69, 9.17) is 5.73 Å². The zero-order chi connectivity index (χ0) is 13.8.